The molecule has 3 nitrogen and oxygen atoms in total. The van der Waals surface area contributed by atoms with E-state index in [0.717, 1.165) is 17.0 Å². The number of benzene rings is 3. The van der Waals surface area contributed by atoms with Crippen molar-refractivity contribution in [1.82, 2.24) is 4.72 Å². The zero-order valence-corrected chi connectivity index (χ0v) is 12.9. The molecule has 5 heteroatoms. The summed E-state index contributed by atoms with van der Waals surface area (Å²) in [6.07, 6.45) is 0.861. The normalized spacial score (nSPS) is 12.3. The monoisotopic (exact) mass is 327 g/mol. The average Bonchev–Trinajstić information content (AvgIpc) is 2.60. The van der Waals surface area contributed by atoms with E-state index in [2.05, 4.69) is 4.72 Å². The van der Waals surface area contributed by atoms with Crippen LogP contribution >= 0.6 is 0 Å². The highest BCUT2D eigenvalue weighted by atomic mass is 32.2. The van der Waals surface area contributed by atoms with Gasteiger partial charge in [-0.2, -0.15) is 0 Å². The molecule has 0 amide bonds. The smallest absolute Gasteiger partial charge is 0.261 e. The molecule has 116 valence electrons. The standard InChI is InChI=1S/C18H14FNO2S/c19-18(15-7-2-1-3-8-15)13-20-23(21,22)17-11-10-14-6-4-5-9-16(14)12-17/h1-13,20H/b18-13+. The molecule has 0 radical (unpaired) electrons. The first kappa shape index (κ1) is 15.2. The Morgan fingerprint density at radius 1 is 0.870 bits per heavy atom. The zero-order chi connectivity index (χ0) is 16.3. The Hall–Kier alpha value is -2.66. The minimum Gasteiger partial charge on any atom is -0.283 e. The van der Waals surface area contributed by atoms with Gasteiger partial charge in [-0.05, 0) is 22.9 Å². The molecule has 0 spiro atoms. The van der Waals surface area contributed by atoms with E-state index in [-0.39, 0.29) is 4.90 Å². The summed E-state index contributed by atoms with van der Waals surface area (Å²) >= 11 is 0. The lowest BCUT2D eigenvalue weighted by molar-refractivity contribution is 0.590. The topological polar surface area (TPSA) is 46.2 Å². The number of hydrogen-bond acceptors (Lipinski definition) is 2. The Labute approximate surface area is 134 Å². The number of halogens is 1. The van der Waals surface area contributed by atoms with E-state index in [0.29, 0.717) is 5.56 Å². The lowest BCUT2D eigenvalue weighted by atomic mass is 10.1. The van der Waals surface area contributed by atoms with E-state index in [1.165, 1.54) is 6.07 Å². The summed E-state index contributed by atoms with van der Waals surface area (Å²) in [7, 11) is -3.82. The summed E-state index contributed by atoms with van der Waals surface area (Å²) in [5.74, 6) is -0.644. The lowest BCUT2D eigenvalue weighted by Gasteiger charge is -2.06. The first-order valence-electron chi connectivity index (χ1n) is 6.98. The van der Waals surface area contributed by atoms with Crippen molar-refractivity contribution in [2.24, 2.45) is 0 Å². The second-order valence-electron chi connectivity index (χ2n) is 4.99. The molecule has 0 bridgehead atoms. The molecule has 0 aliphatic rings. The number of hydrogen-bond donors (Lipinski definition) is 1. The van der Waals surface area contributed by atoms with Crippen molar-refractivity contribution in [2.75, 3.05) is 0 Å². The molecule has 0 atom stereocenters. The van der Waals surface area contributed by atoms with Crippen LogP contribution in [0.2, 0.25) is 0 Å². The van der Waals surface area contributed by atoms with Crippen molar-refractivity contribution in [3.05, 3.63) is 84.6 Å². The van der Waals surface area contributed by atoms with E-state index in [1.807, 2.05) is 24.3 Å². The minimum absolute atomic E-state index is 0.0910. The van der Waals surface area contributed by atoms with Gasteiger partial charge in [-0.3, -0.25) is 4.72 Å². The van der Waals surface area contributed by atoms with Crippen molar-refractivity contribution in [1.29, 1.82) is 0 Å². The molecule has 0 heterocycles. The Morgan fingerprint density at radius 2 is 1.52 bits per heavy atom. The molecule has 0 fully saturated rings. The molecular weight excluding hydrogens is 313 g/mol. The van der Waals surface area contributed by atoms with Crippen LogP contribution in [0.15, 0.2) is 83.9 Å². The van der Waals surface area contributed by atoms with E-state index < -0.39 is 15.9 Å². The quantitative estimate of drug-likeness (QED) is 0.784. The van der Waals surface area contributed by atoms with Crippen LogP contribution in [0.3, 0.4) is 0 Å². The van der Waals surface area contributed by atoms with Crippen molar-refractivity contribution in [3.8, 4) is 0 Å². The number of fused-ring (bicyclic) bond motifs is 1. The molecule has 0 aliphatic heterocycles. The van der Waals surface area contributed by atoms with Gasteiger partial charge >= 0.3 is 0 Å². The number of sulfonamides is 1. The van der Waals surface area contributed by atoms with Gasteiger partial charge < -0.3 is 0 Å². The predicted molar refractivity (Wildman–Crippen MR) is 89.8 cm³/mol. The highest BCUT2D eigenvalue weighted by molar-refractivity contribution is 7.89. The number of nitrogens with one attached hydrogen (secondary N) is 1. The Bertz CT molecular complexity index is 966. The third kappa shape index (κ3) is 3.40. The van der Waals surface area contributed by atoms with Crippen LogP contribution in [-0.2, 0) is 10.0 Å². The predicted octanol–water partition coefficient (Wildman–Crippen LogP) is 4.09. The Balaban J connectivity index is 1.88. The number of rotatable bonds is 4. The Morgan fingerprint density at radius 3 is 2.26 bits per heavy atom. The van der Waals surface area contributed by atoms with Gasteiger partial charge in [0.1, 0.15) is 5.83 Å². The van der Waals surface area contributed by atoms with Crippen LogP contribution in [0.25, 0.3) is 16.6 Å². The van der Waals surface area contributed by atoms with Crippen LogP contribution < -0.4 is 4.72 Å². The SMILES string of the molecule is O=S(=O)(N/C=C(/F)c1ccccc1)c1ccc2ccccc2c1. The van der Waals surface area contributed by atoms with Gasteiger partial charge in [0.05, 0.1) is 4.90 Å². The maximum Gasteiger partial charge on any atom is 0.261 e. The summed E-state index contributed by atoms with van der Waals surface area (Å²) < 4.78 is 40.7. The van der Waals surface area contributed by atoms with E-state index in [4.69, 9.17) is 0 Å². The van der Waals surface area contributed by atoms with Crippen molar-refractivity contribution < 1.29 is 12.8 Å². The molecular formula is C18H14FNO2S. The van der Waals surface area contributed by atoms with Crippen LogP contribution in [0.4, 0.5) is 4.39 Å². The van der Waals surface area contributed by atoms with E-state index in [9.17, 15) is 12.8 Å². The highest BCUT2D eigenvalue weighted by Gasteiger charge is 2.13. The third-order valence-corrected chi connectivity index (χ3v) is 4.72. The van der Waals surface area contributed by atoms with E-state index in [1.54, 1.807) is 42.5 Å². The van der Waals surface area contributed by atoms with Gasteiger partial charge in [0, 0.05) is 11.8 Å². The lowest BCUT2D eigenvalue weighted by Crippen LogP contribution is -2.18. The first-order valence-corrected chi connectivity index (χ1v) is 8.47. The van der Waals surface area contributed by atoms with Gasteiger partial charge in [0.25, 0.3) is 10.0 Å². The molecule has 3 aromatic rings. The van der Waals surface area contributed by atoms with Crippen LogP contribution in [-0.4, -0.2) is 8.42 Å². The fourth-order valence-electron chi connectivity index (χ4n) is 2.21. The van der Waals surface area contributed by atoms with Gasteiger partial charge in [0.2, 0.25) is 0 Å². The molecule has 3 aromatic carbocycles. The van der Waals surface area contributed by atoms with Gasteiger partial charge in [-0.15, -0.1) is 0 Å². The zero-order valence-electron chi connectivity index (χ0n) is 12.1. The molecule has 0 aromatic heterocycles. The molecule has 3 rings (SSSR count). The van der Waals surface area contributed by atoms with Crippen molar-refractivity contribution in [2.45, 2.75) is 4.90 Å². The average molecular weight is 327 g/mol. The second kappa shape index (κ2) is 6.22. The van der Waals surface area contributed by atoms with Crippen LogP contribution in [0.1, 0.15) is 5.56 Å². The van der Waals surface area contributed by atoms with Crippen molar-refractivity contribution in [3.63, 3.8) is 0 Å². The second-order valence-corrected chi connectivity index (χ2v) is 6.70. The maximum absolute atomic E-state index is 14.0. The summed E-state index contributed by atoms with van der Waals surface area (Å²) in [5.41, 5.74) is 0.314. The Kier molecular flexibility index (Phi) is 4.12. The van der Waals surface area contributed by atoms with Crippen LogP contribution in [0.5, 0.6) is 0 Å². The molecule has 0 saturated carbocycles. The highest BCUT2D eigenvalue weighted by Crippen LogP contribution is 2.20. The molecule has 0 unspecified atom stereocenters. The fraction of sp³-hybridized carbons (Fsp3) is 0. The van der Waals surface area contributed by atoms with Gasteiger partial charge in [-0.25, -0.2) is 12.8 Å². The minimum atomic E-state index is -3.82. The maximum atomic E-state index is 14.0. The molecule has 0 aliphatic carbocycles. The largest absolute Gasteiger partial charge is 0.283 e. The van der Waals surface area contributed by atoms with Gasteiger partial charge in [-0.1, -0.05) is 60.7 Å². The fourth-order valence-corrected chi connectivity index (χ4v) is 3.14. The van der Waals surface area contributed by atoms with Gasteiger partial charge in [0.15, 0.2) is 0 Å². The summed E-state index contributed by atoms with van der Waals surface area (Å²) in [6.45, 7) is 0. The van der Waals surface area contributed by atoms with Crippen molar-refractivity contribution >= 4 is 26.6 Å². The molecule has 0 saturated heterocycles. The van der Waals surface area contributed by atoms with Crippen LogP contribution in [0, 0.1) is 0 Å². The third-order valence-electron chi connectivity index (χ3n) is 3.42. The molecule has 1 N–H and O–H groups in total. The first-order chi connectivity index (χ1) is 11.1. The van der Waals surface area contributed by atoms with E-state index >= 15 is 0 Å². The molecule has 23 heavy (non-hydrogen) atoms. The summed E-state index contributed by atoms with van der Waals surface area (Å²) in [4.78, 5) is 0.0910. The summed E-state index contributed by atoms with van der Waals surface area (Å²) in [5, 5.41) is 1.75. The summed E-state index contributed by atoms with van der Waals surface area (Å²) in [6, 6.07) is 20.5.